The molecule has 3 fully saturated rings. The standard InChI is InChI=1S/C45H59Cl2N5O16/c1-29-22-37(46)42(38(47)23-29)64-19-18-63-35-9-5-32(6-10-35)36-25-34-27-48(44(54)65-16-12-61-14-20-67-51(56)57)28-39(50(34)45(55)66-17-13-62-15-21-68-52(58)59)41(36)43(53)49(33-7-8-33)26-31-4-11-40(60-3)30(2)24-31/h4-6,9-11,22-24,33-34,36,39,41,56-59H,7-8,12-21,25-28H2,1-3H3. The third-order valence-electron chi connectivity index (χ3n) is 11.6. The highest BCUT2D eigenvalue weighted by Gasteiger charge is 2.55. The highest BCUT2D eigenvalue weighted by molar-refractivity contribution is 6.37. The van der Waals surface area contributed by atoms with Gasteiger partial charge in [0.2, 0.25) is 5.91 Å². The number of halogens is 2. The first-order valence-electron chi connectivity index (χ1n) is 22.1. The van der Waals surface area contributed by atoms with Crippen LogP contribution in [0.4, 0.5) is 9.59 Å². The van der Waals surface area contributed by atoms with E-state index in [0.717, 1.165) is 40.8 Å². The van der Waals surface area contributed by atoms with Gasteiger partial charge in [-0.2, -0.15) is 0 Å². The van der Waals surface area contributed by atoms with Crippen LogP contribution < -0.4 is 14.2 Å². The number of fused-ring (bicyclic) bond motifs is 2. The van der Waals surface area contributed by atoms with Crippen LogP contribution in [0.5, 0.6) is 17.2 Å². The van der Waals surface area contributed by atoms with E-state index in [-0.39, 0.29) is 97.5 Å². The van der Waals surface area contributed by atoms with Crippen LogP contribution in [-0.2, 0) is 40.0 Å². The van der Waals surface area contributed by atoms with Gasteiger partial charge >= 0.3 is 12.2 Å². The molecule has 1 aliphatic carbocycles. The summed E-state index contributed by atoms with van der Waals surface area (Å²) in [7, 11) is 1.60. The number of benzene rings is 3. The fraction of sp³-hybridized carbons (Fsp3) is 0.533. The normalized spacial score (nSPS) is 19.0. The quantitative estimate of drug-likeness (QED) is 0.0558. The lowest BCUT2D eigenvalue weighted by molar-refractivity contribution is -0.493. The van der Waals surface area contributed by atoms with E-state index in [2.05, 4.69) is 9.68 Å². The van der Waals surface area contributed by atoms with Crippen LogP contribution in [0.3, 0.4) is 0 Å². The third kappa shape index (κ3) is 14.9. The molecule has 1 saturated carbocycles. The number of piperidine rings is 1. The Kier molecular flexibility index (Phi) is 19.9. The minimum atomic E-state index is -0.866. The van der Waals surface area contributed by atoms with Crippen molar-refractivity contribution in [2.45, 2.75) is 63.7 Å². The Morgan fingerprint density at radius 2 is 1.32 bits per heavy atom. The Labute approximate surface area is 403 Å². The van der Waals surface area contributed by atoms with Gasteiger partial charge in [-0.05, 0) is 91.6 Å². The SMILES string of the molecule is COc1ccc(CN(C(=O)C2C(c3ccc(OCCOc4c(Cl)cc(C)cc4Cl)cc3)CC3CN(C(=O)OCCOCCON(O)O)CC2N3C(=O)OCCOCCON(O)O)C2CC2)cc1C. The van der Waals surface area contributed by atoms with E-state index >= 15 is 4.79 Å². The monoisotopic (exact) mass is 995 g/mol. The van der Waals surface area contributed by atoms with Gasteiger partial charge < -0.3 is 43.0 Å². The number of piperazine rings is 1. The van der Waals surface area contributed by atoms with Gasteiger partial charge in [0.15, 0.2) is 5.75 Å². The van der Waals surface area contributed by atoms with Crippen molar-refractivity contribution in [2.75, 3.05) is 86.3 Å². The zero-order valence-electron chi connectivity index (χ0n) is 38.1. The van der Waals surface area contributed by atoms with Crippen LogP contribution in [0.1, 0.15) is 47.4 Å². The van der Waals surface area contributed by atoms with Gasteiger partial charge in [0.25, 0.3) is 0 Å². The van der Waals surface area contributed by atoms with Crippen LogP contribution >= 0.6 is 23.2 Å². The second kappa shape index (κ2) is 25.7. The summed E-state index contributed by atoms with van der Waals surface area (Å²) in [6.45, 7) is 3.80. The minimum Gasteiger partial charge on any atom is -0.496 e. The molecule has 2 heterocycles. The van der Waals surface area contributed by atoms with Crippen LogP contribution in [0.25, 0.3) is 0 Å². The van der Waals surface area contributed by atoms with Gasteiger partial charge in [0.05, 0.1) is 85.6 Å². The lowest BCUT2D eigenvalue weighted by Crippen LogP contribution is -2.69. The minimum absolute atomic E-state index is 0.00981. The van der Waals surface area contributed by atoms with E-state index in [0.29, 0.717) is 28.1 Å². The van der Waals surface area contributed by atoms with Gasteiger partial charge in [-0.15, -0.1) is 0 Å². The van der Waals surface area contributed by atoms with Crippen molar-refractivity contribution in [1.29, 1.82) is 0 Å². The van der Waals surface area contributed by atoms with Crippen molar-refractivity contribution < 1.29 is 78.0 Å². The molecule has 3 aromatic carbocycles. The number of hydrogen-bond donors (Lipinski definition) is 4. The molecule has 4 atom stereocenters. The summed E-state index contributed by atoms with van der Waals surface area (Å²) in [5.74, 6) is 0.209. The summed E-state index contributed by atoms with van der Waals surface area (Å²) < 4.78 is 39.5. The summed E-state index contributed by atoms with van der Waals surface area (Å²) in [4.78, 5) is 57.3. The van der Waals surface area contributed by atoms with Crippen molar-refractivity contribution in [3.05, 3.63) is 86.9 Å². The third-order valence-corrected chi connectivity index (χ3v) is 12.2. The molecule has 0 radical (unpaired) electrons. The Morgan fingerprint density at radius 3 is 1.91 bits per heavy atom. The summed E-state index contributed by atoms with van der Waals surface area (Å²) in [6, 6.07) is 15.3. The summed E-state index contributed by atoms with van der Waals surface area (Å²) >= 11 is 12.7. The maximum Gasteiger partial charge on any atom is 0.410 e. The van der Waals surface area contributed by atoms with Crippen molar-refractivity contribution in [1.82, 2.24) is 25.5 Å². The molecule has 374 valence electrons. The first kappa shape index (κ1) is 52.6. The smallest absolute Gasteiger partial charge is 0.410 e. The number of carbonyl (C=O) groups excluding carboxylic acids is 3. The molecule has 0 aromatic heterocycles. The number of nitrogens with zero attached hydrogens (tertiary/aromatic N) is 5. The molecule has 3 aliphatic rings. The topological polar surface area (TPSA) is 231 Å². The summed E-state index contributed by atoms with van der Waals surface area (Å²) in [6.07, 6.45) is 0.531. The number of ether oxygens (including phenoxy) is 7. The molecule has 21 nitrogen and oxygen atoms in total. The lowest BCUT2D eigenvalue weighted by Gasteiger charge is -2.54. The Balaban J connectivity index is 1.24. The maximum atomic E-state index is 15.5. The number of carbonyl (C=O) groups is 3. The van der Waals surface area contributed by atoms with Crippen LogP contribution in [-0.4, -0.2) is 169 Å². The molecule has 4 N–H and O–H groups in total. The first-order valence-corrected chi connectivity index (χ1v) is 22.9. The van der Waals surface area contributed by atoms with E-state index in [1.165, 1.54) is 4.90 Å². The van der Waals surface area contributed by atoms with Crippen LogP contribution in [0.15, 0.2) is 54.6 Å². The van der Waals surface area contributed by atoms with Gasteiger partial charge in [0, 0.05) is 25.7 Å². The van der Waals surface area contributed by atoms with Gasteiger partial charge in [-0.1, -0.05) is 47.5 Å². The predicted octanol–water partition coefficient (Wildman–Crippen LogP) is 6.06. The second-order valence-electron chi connectivity index (χ2n) is 16.4. The maximum absolute atomic E-state index is 15.5. The van der Waals surface area contributed by atoms with E-state index in [1.54, 1.807) is 24.1 Å². The molecule has 0 spiro atoms. The van der Waals surface area contributed by atoms with Gasteiger partial charge in [0.1, 0.15) is 37.9 Å². The molecule has 23 heteroatoms. The number of aryl methyl sites for hydroxylation is 2. The number of rotatable bonds is 25. The van der Waals surface area contributed by atoms with Crippen LogP contribution in [0, 0.1) is 19.8 Å². The molecule has 4 unspecified atom stereocenters. The van der Waals surface area contributed by atoms with Gasteiger partial charge in [-0.25, -0.2) is 19.3 Å². The largest absolute Gasteiger partial charge is 0.496 e. The van der Waals surface area contributed by atoms with Crippen molar-refractivity contribution in [2.24, 2.45) is 5.92 Å². The Bertz CT molecular complexity index is 2100. The lowest BCUT2D eigenvalue weighted by atomic mass is 9.70. The number of methoxy groups -OCH3 is 1. The van der Waals surface area contributed by atoms with Crippen molar-refractivity contribution in [3.63, 3.8) is 0 Å². The predicted molar refractivity (Wildman–Crippen MR) is 239 cm³/mol. The van der Waals surface area contributed by atoms with Crippen LogP contribution in [0.2, 0.25) is 10.0 Å². The average Bonchev–Trinajstić information content (AvgIpc) is 4.14. The molecule has 68 heavy (non-hydrogen) atoms. The van der Waals surface area contributed by atoms with E-state index in [1.807, 2.05) is 61.2 Å². The summed E-state index contributed by atoms with van der Waals surface area (Å²) in [5.41, 5.74) is 3.57. The molecule has 2 bridgehead atoms. The van der Waals surface area contributed by atoms with E-state index < -0.39 is 46.9 Å². The highest BCUT2D eigenvalue weighted by atomic mass is 35.5. The molecule has 3 aromatic rings. The molecular weight excluding hydrogens is 937 g/mol. The van der Waals surface area contributed by atoms with Crippen molar-refractivity contribution >= 4 is 41.3 Å². The number of likely N-dealkylation sites (tertiary alicyclic amines) is 1. The molecular formula is C45H59Cl2N5O16. The Morgan fingerprint density at radius 1 is 0.721 bits per heavy atom. The number of hydrogen-bond acceptors (Lipinski definition) is 18. The van der Waals surface area contributed by atoms with Crippen molar-refractivity contribution in [3.8, 4) is 17.2 Å². The molecule has 6 rings (SSSR count). The van der Waals surface area contributed by atoms with E-state index in [4.69, 9.17) is 77.2 Å². The fourth-order valence-electron chi connectivity index (χ4n) is 8.54. The Hall–Kier alpha value is -4.75. The van der Waals surface area contributed by atoms with Gasteiger partial charge in [-0.3, -0.25) is 30.5 Å². The molecule has 2 aliphatic heterocycles. The zero-order chi connectivity index (χ0) is 48.7. The molecule has 2 saturated heterocycles. The second-order valence-corrected chi connectivity index (χ2v) is 17.2. The fourth-order valence-corrected chi connectivity index (χ4v) is 9.24. The average molecular weight is 997 g/mol. The summed E-state index contributed by atoms with van der Waals surface area (Å²) in [5, 5.41) is 34.9. The number of amides is 3. The zero-order valence-corrected chi connectivity index (χ0v) is 39.6. The molecule has 3 amide bonds. The first-order chi connectivity index (χ1) is 32.7. The van der Waals surface area contributed by atoms with E-state index in [9.17, 15) is 9.59 Å². The highest BCUT2D eigenvalue weighted by Crippen LogP contribution is 2.46.